The summed E-state index contributed by atoms with van der Waals surface area (Å²) < 4.78 is 6.16. The van der Waals surface area contributed by atoms with Crippen molar-refractivity contribution in [1.29, 1.82) is 0 Å². The number of hydrogen-bond donors (Lipinski definition) is 2. The van der Waals surface area contributed by atoms with Gasteiger partial charge in [0.25, 0.3) is 11.6 Å². The predicted molar refractivity (Wildman–Crippen MR) is 72.1 cm³/mol. The molecule has 1 unspecified atom stereocenters. The Morgan fingerprint density at radius 3 is 2.71 bits per heavy atom. The van der Waals surface area contributed by atoms with Crippen LogP contribution >= 0.6 is 0 Å². The molecular formula is C12H17N3O6. The number of amides is 1. The number of carboxylic acids is 1. The SMILES string of the molecule is CCCn1cc([N+](=O)[O-])cc1C(=O)NCC(OC)C(=O)O. The van der Waals surface area contributed by atoms with Crippen LogP contribution in [0, 0.1) is 10.1 Å². The second-order valence-electron chi connectivity index (χ2n) is 4.31. The maximum Gasteiger partial charge on any atom is 0.334 e. The van der Waals surface area contributed by atoms with Crippen molar-refractivity contribution in [3.05, 3.63) is 28.1 Å². The minimum Gasteiger partial charge on any atom is -0.479 e. The Bertz CT molecular complexity index is 539. The van der Waals surface area contributed by atoms with Gasteiger partial charge in [-0.2, -0.15) is 0 Å². The minimum absolute atomic E-state index is 0.115. The molecule has 1 heterocycles. The van der Waals surface area contributed by atoms with E-state index in [4.69, 9.17) is 5.11 Å². The van der Waals surface area contributed by atoms with Crippen molar-refractivity contribution in [1.82, 2.24) is 9.88 Å². The number of aryl methyl sites for hydroxylation is 1. The first-order valence-corrected chi connectivity index (χ1v) is 6.29. The number of ether oxygens (including phenoxy) is 1. The highest BCUT2D eigenvalue weighted by molar-refractivity contribution is 5.93. The van der Waals surface area contributed by atoms with Crippen LogP contribution in [0.5, 0.6) is 0 Å². The zero-order chi connectivity index (χ0) is 16.0. The van der Waals surface area contributed by atoms with Gasteiger partial charge in [-0.05, 0) is 6.42 Å². The van der Waals surface area contributed by atoms with Crippen molar-refractivity contribution in [2.24, 2.45) is 0 Å². The highest BCUT2D eigenvalue weighted by Crippen LogP contribution is 2.17. The number of nitrogens with one attached hydrogen (secondary N) is 1. The van der Waals surface area contributed by atoms with Crippen molar-refractivity contribution in [2.75, 3.05) is 13.7 Å². The lowest BCUT2D eigenvalue weighted by molar-refractivity contribution is -0.384. The molecule has 0 radical (unpaired) electrons. The summed E-state index contributed by atoms with van der Waals surface area (Å²) >= 11 is 0. The normalized spacial score (nSPS) is 11.9. The highest BCUT2D eigenvalue weighted by atomic mass is 16.6. The summed E-state index contributed by atoms with van der Waals surface area (Å²) in [5, 5.41) is 22.0. The first kappa shape index (κ1) is 16.6. The molecule has 0 saturated heterocycles. The van der Waals surface area contributed by atoms with Gasteiger partial charge in [-0.3, -0.25) is 14.9 Å². The molecule has 0 fully saturated rings. The van der Waals surface area contributed by atoms with E-state index < -0.39 is 22.9 Å². The molecule has 1 atom stereocenters. The molecule has 2 N–H and O–H groups in total. The summed E-state index contributed by atoms with van der Waals surface area (Å²) in [7, 11) is 1.22. The van der Waals surface area contributed by atoms with E-state index in [1.54, 1.807) is 0 Å². The van der Waals surface area contributed by atoms with E-state index in [9.17, 15) is 19.7 Å². The fraction of sp³-hybridized carbons (Fsp3) is 0.500. The summed E-state index contributed by atoms with van der Waals surface area (Å²) in [6, 6.07) is 1.16. The third-order valence-electron chi connectivity index (χ3n) is 2.80. The molecule has 0 aliphatic carbocycles. The molecule has 0 aromatic carbocycles. The third kappa shape index (κ3) is 4.28. The number of carbonyl (C=O) groups excluding carboxylic acids is 1. The van der Waals surface area contributed by atoms with Crippen molar-refractivity contribution in [3.63, 3.8) is 0 Å². The summed E-state index contributed by atoms with van der Waals surface area (Å²) in [5.41, 5.74) is -0.0704. The maximum absolute atomic E-state index is 12.0. The second-order valence-corrected chi connectivity index (χ2v) is 4.31. The molecule has 1 aromatic rings. The molecule has 1 rings (SSSR count). The zero-order valence-corrected chi connectivity index (χ0v) is 11.7. The number of aromatic nitrogens is 1. The Labute approximate surface area is 120 Å². The number of nitrogens with zero attached hydrogens (tertiary/aromatic N) is 2. The fourth-order valence-electron chi connectivity index (χ4n) is 1.76. The topological polar surface area (TPSA) is 124 Å². The smallest absolute Gasteiger partial charge is 0.334 e. The van der Waals surface area contributed by atoms with Crippen LogP contribution in [0.2, 0.25) is 0 Å². The van der Waals surface area contributed by atoms with Gasteiger partial charge >= 0.3 is 5.97 Å². The zero-order valence-electron chi connectivity index (χ0n) is 11.7. The van der Waals surface area contributed by atoms with Crippen LogP contribution in [0.4, 0.5) is 5.69 Å². The van der Waals surface area contributed by atoms with Crippen LogP contribution in [-0.4, -0.2) is 46.2 Å². The van der Waals surface area contributed by atoms with Gasteiger partial charge < -0.3 is 19.7 Å². The summed E-state index contributed by atoms with van der Waals surface area (Å²) in [4.78, 5) is 33.0. The lowest BCUT2D eigenvalue weighted by atomic mass is 10.3. The van der Waals surface area contributed by atoms with Gasteiger partial charge in [-0.1, -0.05) is 6.92 Å². The number of carboxylic acid groups (broad SMARTS) is 1. The van der Waals surface area contributed by atoms with E-state index >= 15 is 0 Å². The molecule has 21 heavy (non-hydrogen) atoms. The van der Waals surface area contributed by atoms with Gasteiger partial charge in [0.2, 0.25) is 0 Å². The van der Waals surface area contributed by atoms with E-state index in [2.05, 4.69) is 10.1 Å². The average molecular weight is 299 g/mol. The lowest BCUT2D eigenvalue weighted by Crippen LogP contribution is -2.38. The van der Waals surface area contributed by atoms with Crippen LogP contribution in [-0.2, 0) is 16.1 Å². The molecule has 0 bridgehead atoms. The average Bonchev–Trinajstić information content (AvgIpc) is 2.83. The Morgan fingerprint density at radius 2 is 2.24 bits per heavy atom. The van der Waals surface area contributed by atoms with E-state index in [-0.39, 0.29) is 17.9 Å². The molecule has 0 aliphatic heterocycles. The number of carbonyl (C=O) groups is 2. The molecule has 9 heteroatoms. The molecule has 0 spiro atoms. The number of methoxy groups -OCH3 is 1. The van der Waals surface area contributed by atoms with Gasteiger partial charge in [0.05, 0.1) is 17.7 Å². The van der Waals surface area contributed by atoms with E-state index in [0.29, 0.717) is 13.0 Å². The van der Waals surface area contributed by atoms with Crippen molar-refractivity contribution in [2.45, 2.75) is 26.0 Å². The summed E-state index contributed by atoms with van der Waals surface area (Å²) in [6.07, 6.45) is 0.809. The first-order valence-electron chi connectivity index (χ1n) is 6.29. The monoisotopic (exact) mass is 299 g/mol. The lowest BCUT2D eigenvalue weighted by Gasteiger charge is -2.12. The minimum atomic E-state index is -1.20. The largest absolute Gasteiger partial charge is 0.479 e. The molecular weight excluding hydrogens is 282 g/mol. The third-order valence-corrected chi connectivity index (χ3v) is 2.80. The first-order chi connectivity index (χ1) is 9.90. The number of nitro groups is 1. The van der Waals surface area contributed by atoms with Gasteiger partial charge in [0.1, 0.15) is 5.69 Å². The van der Waals surface area contributed by atoms with Crippen LogP contribution in [0.1, 0.15) is 23.8 Å². The molecule has 116 valence electrons. The van der Waals surface area contributed by atoms with Crippen LogP contribution in [0.3, 0.4) is 0 Å². The maximum atomic E-state index is 12.0. The number of rotatable bonds is 8. The summed E-state index contributed by atoms with van der Waals surface area (Å²) in [5.74, 6) is -1.78. The van der Waals surface area contributed by atoms with Gasteiger partial charge in [-0.15, -0.1) is 0 Å². The summed E-state index contributed by atoms with van der Waals surface area (Å²) in [6.45, 7) is 2.10. The Hall–Kier alpha value is -2.42. The van der Waals surface area contributed by atoms with Crippen molar-refractivity contribution >= 4 is 17.6 Å². The second kappa shape index (κ2) is 7.39. The fourth-order valence-corrected chi connectivity index (χ4v) is 1.76. The Balaban J connectivity index is 2.85. The predicted octanol–water partition coefficient (Wildman–Crippen LogP) is 0.636. The van der Waals surface area contributed by atoms with Crippen molar-refractivity contribution < 1.29 is 24.4 Å². The standard InChI is InChI=1S/C12H17N3O6/c1-3-4-14-7-8(15(19)20)5-9(14)11(16)13-6-10(21-2)12(17)18/h5,7,10H,3-4,6H2,1-2H3,(H,13,16)(H,17,18). The molecule has 1 amide bonds. The van der Waals surface area contributed by atoms with Crippen LogP contribution < -0.4 is 5.32 Å². The number of hydrogen-bond acceptors (Lipinski definition) is 5. The Morgan fingerprint density at radius 1 is 1.57 bits per heavy atom. The number of aliphatic carboxylic acids is 1. The van der Waals surface area contributed by atoms with Gasteiger partial charge in [-0.25, -0.2) is 4.79 Å². The Kier molecular flexibility index (Phi) is 5.85. The van der Waals surface area contributed by atoms with Crippen molar-refractivity contribution in [3.8, 4) is 0 Å². The van der Waals surface area contributed by atoms with E-state index in [0.717, 1.165) is 6.07 Å². The van der Waals surface area contributed by atoms with Crippen LogP contribution in [0.25, 0.3) is 0 Å². The molecule has 0 saturated carbocycles. The van der Waals surface area contributed by atoms with Gasteiger partial charge in [0.15, 0.2) is 6.10 Å². The van der Waals surface area contributed by atoms with E-state index in [1.165, 1.54) is 17.9 Å². The molecule has 0 aliphatic rings. The highest BCUT2D eigenvalue weighted by Gasteiger charge is 2.22. The van der Waals surface area contributed by atoms with Gasteiger partial charge in [0, 0.05) is 19.7 Å². The van der Waals surface area contributed by atoms with E-state index in [1.807, 2.05) is 6.92 Å². The molecule has 1 aromatic heterocycles. The quantitative estimate of drug-likeness (QED) is 0.536. The van der Waals surface area contributed by atoms with Crippen LogP contribution in [0.15, 0.2) is 12.3 Å². The molecule has 9 nitrogen and oxygen atoms in total.